The first-order valence-corrected chi connectivity index (χ1v) is 12.0. The fourth-order valence-electron chi connectivity index (χ4n) is 3.61. The quantitative estimate of drug-likeness (QED) is 0.472. The molecule has 2 aromatic rings. The van der Waals surface area contributed by atoms with E-state index >= 15 is 0 Å². The van der Waals surface area contributed by atoms with Gasteiger partial charge in [0.2, 0.25) is 5.91 Å². The normalized spacial score (nSPS) is 14.5. The first kappa shape index (κ1) is 24.2. The summed E-state index contributed by atoms with van der Waals surface area (Å²) in [6.07, 6.45) is 1.74. The molecule has 0 saturated carbocycles. The van der Waals surface area contributed by atoms with Gasteiger partial charge in [0.1, 0.15) is 4.88 Å². The van der Waals surface area contributed by atoms with Gasteiger partial charge in [-0.05, 0) is 48.5 Å². The average Bonchev–Trinajstić information content (AvgIpc) is 3.00. The number of esters is 1. The Balaban J connectivity index is 1.45. The molecule has 32 heavy (non-hydrogen) atoms. The number of carbonyl (C=O) groups is 2. The lowest BCUT2D eigenvalue weighted by atomic mass is 10.1. The maximum absolute atomic E-state index is 12.4. The molecule has 0 spiro atoms. The number of rotatable bonds is 7. The summed E-state index contributed by atoms with van der Waals surface area (Å²) >= 11 is 6.97. The maximum atomic E-state index is 12.4. The van der Waals surface area contributed by atoms with Crippen LogP contribution in [0.4, 0.5) is 5.69 Å². The summed E-state index contributed by atoms with van der Waals surface area (Å²) in [5, 5.41) is 8.76. The van der Waals surface area contributed by atoms with Crippen molar-refractivity contribution >= 4 is 46.2 Å². The molecule has 1 amide bonds. The lowest BCUT2D eigenvalue weighted by molar-refractivity contribution is -0.122. The zero-order valence-corrected chi connectivity index (χ0v) is 20.2. The topological polar surface area (TPSA) is 73.9 Å². The number of carbonyl (C=O) groups excluding carboxylic acids is 2. The lowest BCUT2D eigenvalue weighted by Gasteiger charge is -2.25. The number of nitrogens with zero attached hydrogens (tertiary/aromatic N) is 2. The minimum Gasteiger partial charge on any atom is -0.465 e. The van der Waals surface area contributed by atoms with E-state index in [-0.39, 0.29) is 11.9 Å². The summed E-state index contributed by atoms with van der Waals surface area (Å²) < 4.78 is 4.87. The van der Waals surface area contributed by atoms with Gasteiger partial charge >= 0.3 is 5.97 Å². The first-order valence-electron chi connectivity index (χ1n) is 10.7. The van der Waals surface area contributed by atoms with E-state index in [1.165, 1.54) is 24.0 Å². The van der Waals surface area contributed by atoms with Gasteiger partial charge < -0.3 is 20.3 Å². The van der Waals surface area contributed by atoms with Crippen LogP contribution < -0.4 is 10.6 Å². The van der Waals surface area contributed by atoms with Crippen molar-refractivity contribution in [2.45, 2.75) is 19.8 Å². The lowest BCUT2D eigenvalue weighted by Crippen LogP contribution is -2.41. The van der Waals surface area contributed by atoms with Crippen LogP contribution in [0, 0.1) is 6.92 Å². The molecule has 1 aromatic carbocycles. The monoisotopic (exact) mass is 474 g/mol. The highest BCUT2D eigenvalue weighted by atomic mass is 32.1. The third-order valence-corrected chi connectivity index (χ3v) is 6.84. The van der Waals surface area contributed by atoms with Crippen LogP contribution >= 0.6 is 23.6 Å². The molecule has 0 bridgehead atoms. The Morgan fingerprint density at radius 1 is 1.16 bits per heavy atom. The van der Waals surface area contributed by atoms with Gasteiger partial charge in [0, 0.05) is 32.7 Å². The molecule has 0 atom stereocenters. The van der Waals surface area contributed by atoms with Crippen LogP contribution in [-0.4, -0.2) is 73.2 Å². The van der Waals surface area contributed by atoms with Crippen molar-refractivity contribution in [3.05, 3.63) is 51.7 Å². The highest BCUT2D eigenvalue weighted by molar-refractivity contribution is 7.80. The molecule has 7 nitrogen and oxygen atoms in total. The van der Waals surface area contributed by atoms with Crippen molar-refractivity contribution in [2.24, 2.45) is 0 Å². The van der Waals surface area contributed by atoms with Gasteiger partial charge in [0.15, 0.2) is 5.11 Å². The van der Waals surface area contributed by atoms with Crippen LogP contribution in [0.5, 0.6) is 0 Å². The molecule has 2 heterocycles. The molecular weight excluding hydrogens is 444 g/mol. The molecule has 2 N–H and O–H groups in total. The van der Waals surface area contributed by atoms with Crippen molar-refractivity contribution in [3.63, 3.8) is 0 Å². The van der Waals surface area contributed by atoms with Crippen LogP contribution in [0.2, 0.25) is 0 Å². The van der Waals surface area contributed by atoms with E-state index in [2.05, 4.69) is 32.6 Å². The van der Waals surface area contributed by atoms with Gasteiger partial charge in [0.05, 0.1) is 19.3 Å². The first-order chi connectivity index (χ1) is 15.5. The molecule has 0 radical (unpaired) electrons. The van der Waals surface area contributed by atoms with Crippen LogP contribution in [0.1, 0.15) is 27.2 Å². The summed E-state index contributed by atoms with van der Waals surface area (Å²) in [6.45, 7) is 6.08. The van der Waals surface area contributed by atoms with Gasteiger partial charge in [-0.15, -0.1) is 11.3 Å². The second-order valence-electron chi connectivity index (χ2n) is 7.75. The summed E-state index contributed by atoms with van der Waals surface area (Å²) in [4.78, 5) is 29.2. The SMILES string of the molecule is COC(=O)c1scc(C)c1NC(=S)N1CCCN(CC(=O)NCCc2ccccc2)CC1. The molecule has 0 unspecified atom stereocenters. The molecule has 0 aliphatic carbocycles. The zero-order valence-electron chi connectivity index (χ0n) is 18.6. The number of nitrogens with one attached hydrogen (secondary N) is 2. The summed E-state index contributed by atoms with van der Waals surface area (Å²) in [5.74, 6) is -0.319. The number of thiocarbonyl (C=S) groups is 1. The Morgan fingerprint density at radius 3 is 2.69 bits per heavy atom. The number of aryl methyl sites for hydroxylation is 1. The van der Waals surface area contributed by atoms with Crippen molar-refractivity contribution in [1.82, 2.24) is 15.1 Å². The predicted molar refractivity (Wildman–Crippen MR) is 132 cm³/mol. The molecule has 1 fully saturated rings. The number of methoxy groups -OCH3 is 1. The average molecular weight is 475 g/mol. The van der Waals surface area contributed by atoms with E-state index in [0.717, 1.165) is 44.6 Å². The second-order valence-corrected chi connectivity index (χ2v) is 9.01. The van der Waals surface area contributed by atoms with Gasteiger partial charge in [-0.25, -0.2) is 4.79 Å². The third-order valence-electron chi connectivity index (χ3n) is 5.40. The van der Waals surface area contributed by atoms with Gasteiger partial charge in [-0.1, -0.05) is 30.3 Å². The van der Waals surface area contributed by atoms with Crippen LogP contribution in [-0.2, 0) is 16.0 Å². The Bertz CT molecular complexity index is 933. The van der Waals surface area contributed by atoms with Crippen molar-refractivity contribution in [2.75, 3.05) is 51.7 Å². The zero-order chi connectivity index (χ0) is 22.9. The maximum Gasteiger partial charge on any atom is 0.350 e. The number of amides is 1. The van der Waals surface area contributed by atoms with Crippen LogP contribution in [0.15, 0.2) is 35.7 Å². The van der Waals surface area contributed by atoms with E-state index in [9.17, 15) is 9.59 Å². The smallest absolute Gasteiger partial charge is 0.350 e. The Kier molecular flexibility index (Phi) is 9.01. The largest absolute Gasteiger partial charge is 0.465 e. The van der Waals surface area contributed by atoms with E-state index in [0.29, 0.717) is 28.8 Å². The van der Waals surface area contributed by atoms with E-state index in [1.54, 1.807) is 0 Å². The summed E-state index contributed by atoms with van der Waals surface area (Å²) in [6, 6.07) is 10.1. The third kappa shape index (κ3) is 6.75. The van der Waals surface area contributed by atoms with Crippen molar-refractivity contribution < 1.29 is 14.3 Å². The number of benzene rings is 1. The second kappa shape index (κ2) is 11.9. The van der Waals surface area contributed by atoms with Crippen molar-refractivity contribution in [1.29, 1.82) is 0 Å². The highest BCUT2D eigenvalue weighted by Crippen LogP contribution is 2.28. The standard InChI is InChI=1S/C23H30N4O3S2/c1-17-16-32-21(22(29)30-2)20(17)25-23(31)27-12-6-11-26(13-14-27)15-19(28)24-10-9-18-7-4-3-5-8-18/h3-5,7-8,16H,6,9-15H2,1-2H3,(H,24,28)(H,25,31). The fourth-order valence-corrected chi connectivity index (χ4v) is 4.82. The predicted octanol–water partition coefficient (Wildman–Crippen LogP) is 2.91. The number of anilines is 1. The Labute approximate surface area is 198 Å². The van der Waals surface area contributed by atoms with Crippen LogP contribution in [0.3, 0.4) is 0 Å². The number of hydrogen-bond donors (Lipinski definition) is 2. The minimum atomic E-state index is -0.367. The Hall–Kier alpha value is -2.49. The van der Waals surface area contributed by atoms with E-state index in [4.69, 9.17) is 17.0 Å². The minimum absolute atomic E-state index is 0.0479. The summed E-state index contributed by atoms with van der Waals surface area (Å²) in [5.41, 5.74) is 2.89. The fraction of sp³-hybridized carbons (Fsp3) is 0.435. The molecule has 1 saturated heterocycles. The number of hydrogen-bond acceptors (Lipinski definition) is 6. The van der Waals surface area contributed by atoms with Crippen LogP contribution in [0.25, 0.3) is 0 Å². The molecular formula is C23H30N4O3S2. The molecule has 1 aliphatic rings. The number of ether oxygens (including phenoxy) is 1. The molecule has 1 aromatic heterocycles. The van der Waals surface area contributed by atoms with Crippen molar-refractivity contribution in [3.8, 4) is 0 Å². The van der Waals surface area contributed by atoms with Gasteiger partial charge in [0.25, 0.3) is 0 Å². The van der Waals surface area contributed by atoms with Gasteiger partial charge in [-0.3, -0.25) is 9.69 Å². The van der Waals surface area contributed by atoms with E-state index in [1.807, 2.05) is 30.5 Å². The highest BCUT2D eigenvalue weighted by Gasteiger charge is 2.22. The molecule has 172 valence electrons. The van der Waals surface area contributed by atoms with Gasteiger partial charge in [-0.2, -0.15) is 0 Å². The van der Waals surface area contributed by atoms with E-state index < -0.39 is 0 Å². The number of thiophene rings is 1. The molecule has 9 heteroatoms. The Morgan fingerprint density at radius 2 is 1.94 bits per heavy atom. The summed E-state index contributed by atoms with van der Waals surface area (Å²) in [7, 11) is 1.38. The molecule has 1 aliphatic heterocycles. The molecule has 3 rings (SSSR count).